The van der Waals surface area contributed by atoms with Crippen molar-refractivity contribution in [3.8, 4) is 0 Å². The Balaban J connectivity index is 0.000000336. The first-order chi connectivity index (χ1) is 6.84. The summed E-state index contributed by atoms with van der Waals surface area (Å²) in [6.45, 7) is 3.10. The molecule has 15 heavy (non-hydrogen) atoms. The molecule has 1 aromatic rings. The summed E-state index contributed by atoms with van der Waals surface area (Å²) in [5, 5.41) is 0. The van der Waals surface area contributed by atoms with Crippen LogP contribution in [0.15, 0.2) is 24.4 Å². The monoisotopic (exact) mass is 232 g/mol. The SMILES string of the molecule is CCN(C)c1ccccn1.CS(=O)(=O)O. The average molecular weight is 232 g/mol. The Morgan fingerprint density at radius 1 is 1.47 bits per heavy atom. The van der Waals surface area contributed by atoms with Gasteiger partial charge in [-0.1, -0.05) is 6.07 Å². The highest BCUT2D eigenvalue weighted by atomic mass is 32.2. The minimum Gasteiger partial charge on any atom is -0.360 e. The average Bonchev–Trinajstić information content (AvgIpc) is 2.15. The molecule has 0 bridgehead atoms. The zero-order chi connectivity index (χ0) is 11.9. The highest BCUT2D eigenvalue weighted by Crippen LogP contribution is 2.04. The van der Waals surface area contributed by atoms with Crippen molar-refractivity contribution in [2.45, 2.75) is 6.92 Å². The molecule has 0 saturated carbocycles. The van der Waals surface area contributed by atoms with E-state index in [4.69, 9.17) is 4.55 Å². The Hall–Kier alpha value is -1.14. The lowest BCUT2D eigenvalue weighted by atomic mass is 10.4. The van der Waals surface area contributed by atoms with E-state index in [0.29, 0.717) is 6.26 Å². The first kappa shape index (κ1) is 13.9. The van der Waals surface area contributed by atoms with Crippen LogP contribution in [0.4, 0.5) is 5.82 Å². The number of nitrogens with zero attached hydrogens (tertiary/aromatic N) is 2. The molecule has 0 radical (unpaired) electrons. The molecule has 1 N–H and O–H groups in total. The van der Waals surface area contributed by atoms with Crippen molar-refractivity contribution >= 4 is 15.9 Å². The molecule has 1 aromatic heterocycles. The van der Waals surface area contributed by atoms with Crippen LogP contribution < -0.4 is 4.90 Å². The van der Waals surface area contributed by atoms with Crippen molar-refractivity contribution in [1.82, 2.24) is 4.98 Å². The molecule has 1 heterocycles. The first-order valence-corrected chi connectivity index (χ1v) is 6.24. The molecular formula is C9H16N2O3S. The second kappa shape index (κ2) is 6.36. The quantitative estimate of drug-likeness (QED) is 0.771. The van der Waals surface area contributed by atoms with E-state index in [1.165, 1.54) is 0 Å². The Labute approximate surface area is 90.5 Å². The van der Waals surface area contributed by atoms with Crippen LogP contribution in [0, 0.1) is 0 Å². The fraction of sp³-hybridized carbons (Fsp3) is 0.444. The van der Waals surface area contributed by atoms with Crippen LogP contribution in [-0.2, 0) is 10.1 Å². The Kier molecular flexibility index (Phi) is 5.88. The van der Waals surface area contributed by atoms with Crippen LogP contribution in [0.25, 0.3) is 0 Å². The summed E-state index contributed by atoms with van der Waals surface area (Å²) in [4.78, 5) is 6.27. The van der Waals surface area contributed by atoms with Crippen LogP contribution in [-0.4, -0.2) is 37.8 Å². The molecule has 0 unspecified atom stereocenters. The maximum Gasteiger partial charge on any atom is 0.261 e. The highest BCUT2D eigenvalue weighted by molar-refractivity contribution is 7.85. The minimum atomic E-state index is -3.67. The maximum atomic E-state index is 9.19. The fourth-order valence-corrected chi connectivity index (χ4v) is 0.742. The molecule has 0 atom stereocenters. The zero-order valence-corrected chi connectivity index (χ0v) is 9.90. The number of rotatable bonds is 2. The van der Waals surface area contributed by atoms with Crippen LogP contribution in [0.1, 0.15) is 6.92 Å². The van der Waals surface area contributed by atoms with E-state index in [1.807, 2.05) is 31.4 Å². The summed E-state index contributed by atoms with van der Waals surface area (Å²) in [5.74, 6) is 1.03. The maximum absolute atomic E-state index is 9.19. The van der Waals surface area contributed by atoms with E-state index in [2.05, 4.69) is 16.8 Å². The molecule has 5 nitrogen and oxygen atoms in total. The molecule has 86 valence electrons. The molecule has 0 aromatic carbocycles. The molecule has 0 amide bonds. The zero-order valence-electron chi connectivity index (χ0n) is 9.08. The summed E-state index contributed by atoms with van der Waals surface area (Å²) in [7, 11) is -1.64. The van der Waals surface area contributed by atoms with Gasteiger partial charge in [0.25, 0.3) is 10.1 Å². The largest absolute Gasteiger partial charge is 0.360 e. The van der Waals surface area contributed by atoms with E-state index < -0.39 is 10.1 Å². The van der Waals surface area contributed by atoms with Gasteiger partial charge in [0, 0.05) is 19.8 Å². The highest BCUT2D eigenvalue weighted by Gasteiger charge is 1.94. The molecule has 1 rings (SSSR count). The Morgan fingerprint density at radius 3 is 2.33 bits per heavy atom. The van der Waals surface area contributed by atoms with Gasteiger partial charge in [0.15, 0.2) is 0 Å². The summed E-state index contributed by atoms with van der Waals surface area (Å²) < 4.78 is 25.9. The van der Waals surface area contributed by atoms with Gasteiger partial charge < -0.3 is 4.90 Å². The van der Waals surface area contributed by atoms with Crippen molar-refractivity contribution in [3.05, 3.63) is 24.4 Å². The normalized spacial score (nSPS) is 10.1. The van der Waals surface area contributed by atoms with E-state index in [-0.39, 0.29) is 0 Å². The van der Waals surface area contributed by atoms with Crippen molar-refractivity contribution in [3.63, 3.8) is 0 Å². The molecule has 0 aliphatic rings. The van der Waals surface area contributed by atoms with Crippen molar-refractivity contribution in [2.75, 3.05) is 24.7 Å². The molecule has 0 spiro atoms. The van der Waals surface area contributed by atoms with E-state index in [9.17, 15) is 8.42 Å². The van der Waals surface area contributed by atoms with Gasteiger partial charge in [0.1, 0.15) is 5.82 Å². The molecule has 0 fully saturated rings. The van der Waals surface area contributed by atoms with Gasteiger partial charge in [0.2, 0.25) is 0 Å². The van der Waals surface area contributed by atoms with Gasteiger partial charge in [-0.05, 0) is 19.1 Å². The number of hydrogen-bond acceptors (Lipinski definition) is 4. The predicted molar refractivity (Wildman–Crippen MR) is 60.7 cm³/mol. The predicted octanol–water partition coefficient (Wildman–Crippen LogP) is 1.04. The third-order valence-electron chi connectivity index (χ3n) is 1.51. The Bertz CT molecular complexity index is 356. The third kappa shape index (κ3) is 9.17. The molecular weight excluding hydrogens is 216 g/mol. The topological polar surface area (TPSA) is 70.5 Å². The van der Waals surface area contributed by atoms with E-state index in [1.54, 1.807) is 0 Å². The van der Waals surface area contributed by atoms with E-state index >= 15 is 0 Å². The van der Waals surface area contributed by atoms with Crippen molar-refractivity contribution in [2.24, 2.45) is 0 Å². The third-order valence-corrected chi connectivity index (χ3v) is 1.51. The molecule has 0 aliphatic carbocycles. The first-order valence-electron chi connectivity index (χ1n) is 4.39. The number of hydrogen-bond donors (Lipinski definition) is 1. The van der Waals surface area contributed by atoms with Crippen LogP contribution in [0.2, 0.25) is 0 Å². The number of aromatic nitrogens is 1. The fourth-order valence-electron chi connectivity index (χ4n) is 0.742. The standard InChI is InChI=1S/C8H12N2.CH4O3S/c1-3-10(2)8-6-4-5-7-9-8;1-5(2,3)4/h4-7H,3H2,1-2H3;1H3,(H,2,3,4). The van der Waals surface area contributed by atoms with Crippen LogP contribution in [0.5, 0.6) is 0 Å². The lowest BCUT2D eigenvalue weighted by Gasteiger charge is -2.13. The van der Waals surface area contributed by atoms with Gasteiger partial charge in [-0.15, -0.1) is 0 Å². The molecule has 0 saturated heterocycles. The molecule has 6 heteroatoms. The van der Waals surface area contributed by atoms with Gasteiger partial charge in [-0.3, -0.25) is 4.55 Å². The van der Waals surface area contributed by atoms with Crippen molar-refractivity contribution in [1.29, 1.82) is 0 Å². The number of anilines is 1. The summed E-state index contributed by atoms with van der Waals surface area (Å²) >= 11 is 0. The summed E-state index contributed by atoms with van der Waals surface area (Å²) in [6.07, 6.45) is 2.52. The lowest BCUT2D eigenvalue weighted by Crippen LogP contribution is -2.16. The second-order valence-electron chi connectivity index (χ2n) is 2.94. The lowest BCUT2D eigenvalue weighted by molar-refractivity contribution is 0.490. The van der Waals surface area contributed by atoms with Gasteiger partial charge in [-0.25, -0.2) is 4.98 Å². The van der Waals surface area contributed by atoms with Crippen LogP contribution >= 0.6 is 0 Å². The van der Waals surface area contributed by atoms with Crippen molar-refractivity contribution < 1.29 is 13.0 Å². The van der Waals surface area contributed by atoms with E-state index in [0.717, 1.165) is 12.4 Å². The minimum absolute atomic E-state index is 0.715. The van der Waals surface area contributed by atoms with Gasteiger partial charge >= 0.3 is 0 Å². The second-order valence-corrected chi connectivity index (χ2v) is 4.40. The smallest absolute Gasteiger partial charge is 0.261 e. The van der Waals surface area contributed by atoms with Gasteiger partial charge in [0.05, 0.1) is 6.26 Å². The number of pyridine rings is 1. The van der Waals surface area contributed by atoms with Gasteiger partial charge in [-0.2, -0.15) is 8.42 Å². The summed E-state index contributed by atoms with van der Waals surface area (Å²) in [6, 6.07) is 5.92. The summed E-state index contributed by atoms with van der Waals surface area (Å²) in [5.41, 5.74) is 0. The molecule has 0 aliphatic heterocycles. The van der Waals surface area contributed by atoms with Crippen LogP contribution in [0.3, 0.4) is 0 Å². The Morgan fingerprint density at radius 2 is 2.00 bits per heavy atom.